The van der Waals surface area contributed by atoms with Crippen LogP contribution in [0, 0.1) is 0 Å². The molecule has 1 aromatic carbocycles. The van der Waals surface area contributed by atoms with E-state index in [-0.39, 0.29) is 23.5 Å². The summed E-state index contributed by atoms with van der Waals surface area (Å²) in [6.07, 6.45) is 1.73. The van der Waals surface area contributed by atoms with Crippen molar-refractivity contribution in [2.24, 2.45) is 0 Å². The molecule has 3 aliphatic rings. The van der Waals surface area contributed by atoms with Gasteiger partial charge in [0, 0.05) is 6.54 Å². The normalized spacial score (nSPS) is 30.3. The first-order valence-corrected chi connectivity index (χ1v) is 9.01. The van der Waals surface area contributed by atoms with E-state index in [9.17, 15) is 4.79 Å². The Bertz CT molecular complexity index is 596. The van der Waals surface area contributed by atoms with Crippen molar-refractivity contribution < 1.29 is 4.79 Å². The summed E-state index contributed by atoms with van der Waals surface area (Å²) in [6, 6.07) is 10.5. The lowest BCUT2D eigenvalue weighted by atomic mass is 10.0. The Hall–Kier alpha value is -1.31. The molecule has 7 heteroatoms. The van der Waals surface area contributed by atoms with Crippen LogP contribution in [0.3, 0.4) is 0 Å². The van der Waals surface area contributed by atoms with Gasteiger partial charge in [0.1, 0.15) is 5.25 Å². The molecular weight excluding hydrogens is 316 g/mol. The zero-order valence-electron chi connectivity index (χ0n) is 12.1. The average Bonchev–Trinajstić information content (AvgIpc) is 3.15. The second-order valence-corrected chi connectivity index (χ2v) is 7.41. The maximum atomic E-state index is 12.8. The molecule has 4 rings (SSSR count). The van der Waals surface area contributed by atoms with Gasteiger partial charge in [-0.2, -0.15) is 5.43 Å². The number of thioether (sulfide) groups is 1. The van der Waals surface area contributed by atoms with Crippen molar-refractivity contribution in [3.63, 3.8) is 0 Å². The van der Waals surface area contributed by atoms with Crippen LogP contribution in [0.15, 0.2) is 30.3 Å². The maximum Gasteiger partial charge on any atom is 0.240 e. The summed E-state index contributed by atoms with van der Waals surface area (Å²) in [4.78, 5) is 16.9. The number of nitrogens with zero attached hydrogens (tertiary/aromatic N) is 2. The molecule has 1 amide bonds. The van der Waals surface area contributed by atoms with Crippen molar-refractivity contribution in [1.29, 1.82) is 0 Å². The van der Waals surface area contributed by atoms with Crippen LogP contribution in [0.2, 0.25) is 0 Å². The highest BCUT2D eigenvalue weighted by molar-refractivity contribution is 8.00. The molecule has 0 aromatic heterocycles. The first-order chi connectivity index (χ1) is 10.8. The van der Waals surface area contributed by atoms with Gasteiger partial charge in [-0.15, -0.1) is 11.8 Å². The van der Waals surface area contributed by atoms with Crippen LogP contribution in [0.5, 0.6) is 0 Å². The van der Waals surface area contributed by atoms with Gasteiger partial charge >= 0.3 is 0 Å². The molecule has 5 nitrogen and oxygen atoms in total. The number of hydrogen-bond donors (Lipinski definition) is 2. The quantitative estimate of drug-likeness (QED) is 0.802. The molecular formula is C15H18N4OS2. The minimum absolute atomic E-state index is 0.0201. The van der Waals surface area contributed by atoms with E-state index >= 15 is 0 Å². The van der Waals surface area contributed by atoms with Gasteiger partial charge in [-0.1, -0.05) is 30.3 Å². The summed E-state index contributed by atoms with van der Waals surface area (Å²) in [5.74, 6) is 1.27. The number of carbonyl (C=O) groups is 1. The highest BCUT2D eigenvalue weighted by Gasteiger charge is 2.52. The average molecular weight is 334 g/mol. The highest BCUT2D eigenvalue weighted by Crippen LogP contribution is 2.38. The van der Waals surface area contributed by atoms with Gasteiger partial charge in [0.15, 0.2) is 11.4 Å². The number of fused-ring (bicyclic) bond motifs is 3. The molecule has 2 N–H and O–H groups in total. The molecule has 3 atom stereocenters. The fraction of sp³-hybridized carbons (Fsp3) is 0.467. The van der Waals surface area contributed by atoms with Gasteiger partial charge in [-0.25, -0.2) is 0 Å². The number of carbonyl (C=O) groups excluding carboxylic acids is 1. The number of hydrogen-bond acceptors (Lipinski definition) is 4. The lowest BCUT2D eigenvalue weighted by Crippen LogP contribution is -2.66. The second-order valence-electron chi connectivity index (χ2n) is 5.77. The summed E-state index contributed by atoms with van der Waals surface area (Å²) in [6.45, 7) is 0.699. The van der Waals surface area contributed by atoms with Crippen molar-refractivity contribution in [2.75, 3.05) is 12.3 Å². The first-order valence-electron chi connectivity index (χ1n) is 7.55. The van der Waals surface area contributed by atoms with E-state index in [1.165, 1.54) is 5.56 Å². The minimum atomic E-state index is -0.149. The van der Waals surface area contributed by atoms with Crippen LogP contribution in [-0.4, -0.2) is 50.7 Å². The van der Waals surface area contributed by atoms with Gasteiger partial charge in [0.2, 0.25) is 5.91 Å². The molecule has 3 heterocycles. The minimum Gasteiger partial charge on any atom is -0.309 e. The zero-order valence-corrected chi connectivity index (χ0v) is 13.7. The third kappa shape index (κ3) is 2.28. The van der Waals surface area contributed by atoms with Gasteiger partial charge in [0.05, 0.1) is 6.04 Å². The topological polar surface area (TPSA) is 47.6 Å². The van der Waals surface area contributed by atoms with E-state index in [0.29, 0.717) is 11.7 Å². The molecule has 0 radical (unpaired) electrons. The zero-order chi connectivity index (χ0) is 15.1. The number of rotatable bonds is 3. The summed E-state index contributed by atoms with van der Waals surface area (Å²) >= 11 is 7.18. The molecule has 3 unspecified atom stereocenters. The van der Waals surface area contributed by atoms with E-state index in [1.54, 1.807) is 11.8 Å². The molecule has 0 saturated carbocycles. The number of amides is 1. The Morgan fingerprint density at radius 1 is 1.32 bits per heavy atom. The molecule has 0 aliphatic carbocycles. The van der Waals surface area contributed by atoms with Gasteiger partial charge < -0.3 is 9.80 Å². The Balaban J connectivity index is 1.55. The standard InChI is InChI=1S/C15H18N4OS2/c20-13-12-11(7-9-22-12)19-14(16-17-15(19)21)18(13)8-6-10-4-2-1-3-5-10/h1-5,11-12,14,16H,6-9H2,(H,17,21). The van der Waals surface area contributed by atoms with Gasteiger partial charge in [-0.05, 0) is 36.4 Å². The Morgan fingerprint density at radius 3 is 2.95 bits per heavy atom. The number of benzene rings is 1. The van der Waals surface area contributed by atoms with E-state index in [4.69, 9.17) is 12.2 Å². The van der Waals surface area contributed by atoms with Crippen molar-refractivity contribution in [1.82, 2.24) is 20.7 Å². The molecule has 0 spiro atoms. The lowest BCUT2D eigenvalue weighted by molar-refractivity contribution is -0.143. The van der Waals surface area contributed by atoms with E-state index < -0.39 is 0 Å². The van der Waals surface area contributed by atoms with Gasteiger partial charge in [0.25, 0.3) is 0 Å². The lowest BCUT2D eigenvalue weighted by Gasteiger charge is -2.45. The monoisotopic (exact) mass is 334 g/mol. The van der Waals surface area contributed by atoms with Crippen molar-refractivity contribution in [3.8, 4) is 0 Å². The van der Waals surface area contributed by atoms with Crippen LogP contribution in [0.4, 0.5) is 0 Å². The second kappa shape index (κ2) is 5.72. The summed E-state index contributed by atoms with van der Waals surface area (Å²) in [7, 11) is 0. The number of nitrogens with one attached hydrogen (secondary N) is 2. The SMILES string of the molecule is O=C1C2SCCC2N2C(=S)NNC2N1CCc1ccccc1. The third-order valence-electron chi connectivity index (χ3n) is 4.53. The fourth-order valence-corrected chi connectivity index (χ4v) is 5.13. The molecule has 3 aliphatic heterocycles. The van der Waals surface area contributed by atoms with Crippen LogP contribution in [0.25, 0.3) is 0 Å². The predicted molar refractivity (Wildman–Crippen MR) is 91.0 cm³/mol. The van der Waals surface area contributed by atoms with Crippen LogP contribution in [0.1, 0.15) is 12.0 Å². The number of thiocarbonyl (C=S) groups is 1. The third-order valence-corrected chi connectivity index (χ3v) is 6.19. The molecule has 22 heavy (non-hydrogen) atoms. The van der Waals surface area contributed by atoms with E-state index in [1.807, 2.05) is 23.1 Å². The largest absolute Gasteiger partial charge is 0.309 e. The van der Waals surface area contributed by atoms with Crippen LogP contribution >= 0.6 is 24.0 Å². The van der Waals surface area contributed by atoms with Crippen molar-refractivity contribution >= 4 is 35.0 Å². The summed E-state index contributed by atoms with van der Waals surface area (Å²) < 4.78 is 0. The highest BCUT2D eigenvalue weighted by atomic mass is 32.2. The predicted octanol–water partition coefficient (Wildman–Crippen LogP) is 0.924. The molecule has 1 aromatic rings. The Morgan fingerprint density at radius 2 is 2.14 bits per heavy atom. The van der Waals surface area contributed by atoms with Gasteiger partial charge in [-0.3, -0.25) is 10.2 Å². The number of hydrazine groups is 1. The van der Waals surface area contributed by atoms with Crippen LogP contribution < -0.4 is 10.9 Å². The molecule has 0 bridgehead atoms. The summed E-state index contributed by atoms with van der Waals surface area (Å²) in [5.41, 5.74) is 7.44. The molecule has 3 fully saturated rings. The fourth-order valence-electron chi connectivity index (χ4n) is 3.44. The summed E-state index contributed by atoms with van der Waals surface area (Å²) in [5, 5.41) is 0.728. The molecule has 116 valence electrons. The van der Waals surface area contributed by atoms with Crippen molar-refractivity contribution in [3.05, 3.63) is 35.9 Å². The first kappa shape index (κ1) is 14.3. The maximum absolute atomic E-state index is 12.8. The Labute approximate surface area is 139 Å². The van der Waals surface area contributed by atoms with E-state index in [0.717, 1.165) is 18.6 Å². The Kier molecular flexibility index (Phi) is 3.71. The smallest absolute Gasteiger partial charge is 0.240 e. The van der Waals surface area contributed by atoms with Crippen molar-refractivity contribution in [2.45, 2.75) is 30.4 Å². The molecule has 3 saturated heterocycles. The van der Waals surface area contributed by atoms with E-state index in [2.05, 4.69) is 27.9 Å². The van der Waals surface area contributed by atoms with Crippen LogP contribution in [-0.2, 0) is 11.2 Å².